The lowest BCUT2D eigenvalue weighted by molar-refractivity contribution is -0.173. The molecule has 5 heteroatoms. The molecule has 0 N–H and O–H groups in total. The van der Waals surface area contributed by atoms with Crippen LogP contribution in [0.25, 0.3) is 0 Å². The van der Waals surface area contributed by atoms with Crippen LogP contribution in [0.3, 0.4) is 0 Å². The molecule has 0 rings (SSSR count). The highest BCUT2D eigenvalue weighted by Crippen LogP contribution is 2.35. The molecular formula is C6H9F5. The molecule has 0 radical (unpaired) electrons. The smallest absolute Gasteiger partial charge is 0.234 e. The molecule has 68 valence electrons. The van der Waals surface area contributed by atoms with Crippen LogP contribution in [0.15, 0.2) is 0 Å². The highest BCUT2D eigenvalue weighted by Gasteiger charge is 2.51. The predicted octanol–water partition coefficient (Wildman–Crippen LogP) is 3.03. The molecule has 0 saturated carbocycles. The lowest BCUT2D eigenvalue weighted by Crippen LogP contribution is -2.41. The van der Waals surface area contributed by atoms with E-state index in [0.29, 0.717) is 0 Å². The van der Waals surface area contributed by atoms with E-state index in [1.807, 2.05) is 0 Å². The average Bonchev–Trinajstić information content (AvgIpc) is 1.84. The van der Waals surface area contributed by atoms with E-state index >= 15 is 0 Å². The van der Waals surface area contributed by atoms with Gasteiger partial charge in [-0.1, -0.05) is 6.92 Å². The van der Waals surface area contributed by atoms with Crippen LogP contribution >= 0.6 is 0 Å². The largest absolute Gasteiger partial charge is 0.284 e. The Labute approximate surface area is 61.4 Å². The Morgan fingerprint density at radius 1 is 1.18 bits per heavy atom. The van der Waals surface area contributed by atoms with Gasteiger partial charge in [0, 0.05) is 13.3 Å². The third kappa shape index (κ3) is 2.63. The maximum absolute atomic E-state index is 12.2. The van der Waals surface area contributed by atoms with Gasteiger partial charge in [-0.2, -0.15) is 0 Å². The van der Waals surface area contributed by atoms with Crippen LogP contribution in [0, 0.1) is 0 Å². The normalized spacial score (nSPS) is 16.6. The number of rotatable bonds is 3. The van der Waals surface area contributed by atoms with Gasteiger partial charge < -0.3 is 0 Å². The summed E-state index contributed by atoms with van der Waals surface area (Å²) < 4.78 is 60.4. The molecule has 0 heterocycles. The van der Waals surface area contributed by atoms with Gasteiger partial charge in [-0.05, 0) is 0 Å². The fourth-order valence-electron chi connectivity index (χ4n) is 0.550. The second-order valence-corrected chi connectivity index (χ2v) is 2.43. The standard InChI is InChI=1S/C6H9F5/c1-3-6(10,11)4(7)5(2,8)9/h4H,3H2,1-2H3. The van der Waals surface area contributed by atoms with Crippen molar-refractivity contribution < 1.29 is 22.0 Å². The molecule has 0 bridgehead atoms. The Bertz CT molecular complexity index is 125. The first-order valence-corrected chi connectivity index (χ1v) is 3.11. The van der Waals surface area contributed by atoms with Gasteiger partial charge in [0.25, 0.3) is 11.8 Å². The summed E-state index contributed by atoms with van der Waals surface area (Å²) in [5, 5.41) is 0. The zero-order valence-corrected chi connectivity index (χ0v) is 6.17. The number of halogens is 5. The van der Waals surface area contributed by atoms with Crippen molar-refractivity contribution in [3.05, 3.63) is 0 Å². The zero-order chi connectivity index (χ0) is 9.28. The molecule has 1 unspecified atom stereocenters. The van der Waals surface area contributed by atoms with E-state index in [1.54, 1.807) is 0 Å². The first kappa shape index (κ1) is 10.7. The van der Waals surface area contributed by atoms with Crippen LogP contribution in [-0.2, 0) is 0 Å². The van der Waals surface area contributed by atoms with E-state index in [1.165, 1.54) is 0 Å². The average molecular weight is 176 g/mol. The maximum atomic E-state index is 12.2. The third-order valence-corrected chi connectivity index (χ3v) is 1.29. The zero-order valence-electron chi connectivity index (χ0n) is 6.17. The van der Waals surface area contributed by atoms with Gasteiger partial charge in [-0.15, -0.1) is 0 Å². The monoisotopic (exact) mass is 176 g/mol. The van der Waals surface area contributed by atoms with Gasteiger partial charge in [0.15, 0.2) is 0 Å². The predicted molar refractivity (Wildman–Crippen MR) is 30.8 cm³/mol. The highest BCUT2D eigenvalue weighted by molar-refractivity contribution is 4.84. The molecule has 0 nitrogen and oxygen atoms in total. The topological polar surface area (TPSA) is 0 Å². The maximum Gasteiger partial charge on any atom is 0.284 e. The molecule has 0 fully saturated rings. The Balaban J connectivity index is 4.35. The third-order valence-electron chi connectivity index (χ3n) is 1.29. The van der Waals surface area contributed by atoms with Gasteiger partial charge in [0.2, 0.25) is 6.17 Å². The van der Waals surface area contributed by atoms with Gasteiger partial charge in [-0.25, -0.2) is 22.0 Å². The van der Waals surface area contributed by atoms with Crippen molar-refractivity contribution in [1.29, 1.82) is 0 Å². The number of hydrogen-bond donors (Lipinski definition) is 0. The molecular weight excluding hydrogens is 167 g/mol. The SMILES string of the molecule is CCC(F)(F)C(F)C(C)(F)F. The van der Waals surface area contributed by atoms with Gasteiger partial charge >= 0.3 is 0 Å². The molecule has 11 heavy (non-hydrogen) atoms. The van der Waals surface area contributed by atoms with Crippen molar-refractivity contribution in [2.75, 3.05) is 0 Å². The Kier molecular flexibility index (Phi) is 2.85. The summed E-state index contributed by atoms with van der Waals surface area (Å²) in [4.78, 5) is 0. The van der Waals surface area contributed by atoms with Crippen LogP contribution in [0.5, 0.6) is 0 Å². The van der Waals surface area contributed by atoms with E-state index < -0.39 is 24.4 Å². The summed E-state index contributed by atoms with van der Waals surface area (Å²) in [6.45, 7) is 1.10. The lowest BCUT2D eigenvalue weighted by Gasteiger charge is -2.23. The minimum Gasteiger partial charge on any atom is -0.234 e. The van der Waals surface area contributed by atoms with Gasteiger partial charge in [0.05, 0.1) is 0 Å². The van der Waals surface area contributed by atoms with Crippen molar-refractivity contribution in [3.63, 3.8) is 0 Å². The molecule has 0 aliphatic rings. The Hall–Kier alpha value is -0.350. The van der Waals surface area contributed by atoms with Crippen molar-refractivity contribution in [2.45, 2.75) is 38.3 Å². The van der Waals surface area contributed by atoms with E-state index in [0.717, 1.165) is 6.92 Å². The number of hydrogen-bond acceptors (Lipinski definition) is 0. The molecule has 0 aromatic carbocycles. The molecule has 0 amide bonds. The lowest BCUT2D eigenvalue weighted by atomic mass is 10.1. The van der Waals surface area contributed by atoms with E-state index in [2.05, 4.69) is 0 Å². The van der Waals surface area contributed by atoms with Gasteiger partial charge in [0.1, 0.15) is 0 Å². The number of alkyl halides is 5. The molecule has 0 aromatic rings. The van der Waals surface area contributed by atoms with E-state index in [9.17, 15) is 22.0 Å². The molecule has 0 spiro atoms. The van der Waals surface area contributed by atoms with Crippen molar-refractivity contribution in [1.82, 2.24) is 0 Å². The van der Waals surface area contributed by atoms with Crippen molar-refractivity contribution in [3.8, 4) is 0 Å². The van der Waals surface area contributed by atoms with Crippen LogP contribution < -0.4 is 0 Å². The second-order valence-electron chi connectivity index (χ2n) is 2.43. The fraction of sp³-hybridized carbons (Fsp3) is 1.00. The van der Waals surface area contributed by atoms with Gasteiger partial charge in [-0.3, -0.25) is 0 Å². The molecule has 1 atom stereocenters. The fourth-order valence-corrected chi connectivity index (χ4v) is 0.550. The first-order valence-electron chi connectivity index (χ1n) is 3.11. The minimum atomic E-state index is -3.97. The second kappa shape index (κ2) is 2.95. The summed E-state index contributed by atoms with van der Waals surface area (Å²) in [5.41, 5.74) is 0. The summed E-state index contributed by atoms with van der Waals surface area (Å²) in [7, 11) is 0. The summed E-state index contributed by atoms with van der Waals surface area (Å²) >= 11 is 0. The molecule has 0 aliphatic heterocycles. The van der Waals surface area contributed by atoms with Crippen LogP contribution in [0.4, 0.5) is 22.0 Å². The molecule has 0 aliphatic carbocycles. The van der Waals surface area contributed by atoms with Crippen molar-refractivity contribution >= 4 is 0 Å². The summed E-state index contributed by atoms with van der Waals surface area (Å²) in [6, 6.07) is 0. The first-order chi connectivity index (χ1) is 4.72. The van der Waals surface area contributed by atoms with Crippen LogP contribution in [0.2, 0.25) is 0 Å². The Morgan fingerprint density at radius 2 is 1.55 bits per heavy atom. The van der Waals surface area contributed by atoms with Crippen LogP contribution in [0.1, 0.15) is 20.3 Å². The quantitative estimate of drug-likeness (QED) is 0.580. The summed E-state index contributed by atoms with van der Waals surface area (Å²) in [5.74, 6) is -7.90. The van der Waals surface area contributed by atoms with E-state index in [-0.39, 0.29) is 6.92 Å². The Morgan fingerprint density at radius 3 is 1.64 bits per heavy atom. The highest BCUT2D eigenvalue weighted by atomic mass is 19.3. The summed E-state index contributed by atoms with van der Waals surface area (Å²) in [6.07, 6.45) is -4.31. The van der Waals surface area contributed by atoms with E-state index in [4.69, 9.17) is 0 Å². The molecule has 0 saturated heterocycles. The minimum absolute atomic E-state index is 0.140. The molecule has 0 aromatic heterocycles. The van der Waals surface area contributed by atoms with Crippen molar-refractivity contribution in [2.24, 2.45) is 0 Å². The van der Waals surface area contributed by atoms with Crippen LogP contribution in [-0.4, -0.2) is 18.0 Å².